The zero-order valence-electron chi connectivity index (χ0n) is 48.5. The normalized spacial score (nSPS) is 13.9. The average molecular weight is 1090 g/mol. The van der Waals surface area contributed by atoms with Crippen molar-refractivity contribution in [2.24, 2.45) is 0 Å². The van der Waals surface area contributed by atoms with Gasteiger partial charge in [0, 0.05) is 19.3 Å². The van der Waals surface area contributed by atoms with Crippen molar-refractivity contribution in [3.8, 4) is 0 Å². The van der Waals surface area contributed by atoms with Crippen LogP contribution in [0.2, 0.25) is 0 Å². The number of phosphoric acid groups is 1. The number of aliphatic hydroxyl groups excluding tert-OH is 1. The molecule has 11 nitrogen and oxygen atoms in total. The van der Waals surface area contributed by atoms with Crippen molar-refractivity contribution in [3.63, 3.8) is 0 Å². The van der Waals surface area contributed by atoms with Gasteiger partial charge in [-0.3, -0.25) is 23.4 Å². The van der Waals surface area contributed by atoms with E-state index in [4.69, 9.17) is 23.3 Å². The van der Waals surface area contributed by atoms with Crippen LogP contribution in [0.1, 0.15) is 265 Å². The summed E-state index contributed by atoms with van der Waals surface area (Å²) in [5.41, 5.74) is 0. The van der Waals surface area contributed by atoms with Crippen LogP contribution in [0, 0.1) is 0 Å². The minimum Gasteiger partial charge on any atom is -0.462 e. The first-order valence-corrected chi connectivity index (χ1v) is 32.0. The van der Waals surface area contributed by atoms with Gasteiger partial charge in [0.2, 0.25) is 0 Å². The fraction of sp³-hybridized carbons (Fsp3) is 0.734. The molecule has 0 bridgehead atoms. The highest BCUT2D eigenvalue weighted by Gasteiger charge is 2.28. The van der Waals surface area contributed by atoms with Gasteiger partial charge in [-0.2, -0.15) is 0 Å². The van der Waals surface area contributed by atoms with E-state index in [1.54, 1.807) is 0 Å². The van der Waals surface area contributed by atoms with E-state index in [-0.39, 0.29) is 25.9 Å². The number of esters is 3. The monoisotopic (exact) mass is 1090 g/mol. The molecule has 0 saturated heterocycles. The molecule has 0 saturated carbocycles. The summed E-state index contributed by atoms with van der Waals surface area (Å²) in [4.78, 5) is 48.6. The largest absolute Gasteiger partial charge is 0.472 e. The molecule has 3 unspecified atom stereocenters. The number of rotatable bonds is 56. The Kier molecular flexibility index (Phi) is 55.3. The number of phosphoric ester groups is 1. The van der Waals surface area contributed by atoms with Crippen LogP contribution in [-0.4, -0.2) is 66.5 Å². The fourth-order valence-electron chi connectivity index (χ4n) is 8.14. The topological polar surface area (TPSA) is 155 Å². The number of hydrogen-bond donors (Lipinski definition) is 2. The van der Waals surface area contributed by atoms with Gasteiger partial charge >= 0.3 is 25.7 Å². The molecule has 0 aromatic carbocycles. The zero-order chi connectivity index (χ0) is 55.5. The molecule has 3 atom stereocenters. The number of hydrogen-bond acceptors (Lipinski definition) is 10. The predicted molar refractivity (Wildman–Crippen MR) is 316 cm³/mol. The maximum absolute atomic E-state index is 12.9. The summed E-state index contributed by atoms with van der Waals surface area (Å²) in [6, 6.07) is 0. The molecular weight excluding hydrogens is 976 g/mol. The third-order valence-electron chi connectivity index (χ3n) is 12.8. The number of allylic oxidation sites excluding steroid dienone is 14. The molecule has 0 spiro atoms. The van der Waals surface area contributed by atoms with Gasteiger partial charge in [-0.05, 0) is 116 Å². The van der Waals surface area contributed by atoms with E-state index in [0.717, 1.165) is 141 Å². The van der Waals surface area contributed by atoms with Gasteiger partial charge in [0.15, 0.2) is 6.10 Å². The van der Waals surface area contributed by atoms with Crippen LogP contribution >= 0.6 is 7.82 Å². The lowest BCUT2D eigenvalue weighted by molar-refractivity contribution is -0.161. The Morgan fingerprint density at radius 3 is 1.09 bits per heavy atom. The second-order valence-electron chi connectivity index (χ2n) is 20.1. The van der Waals surface area contributed by atoms with Gasteiger partial charge < -0.3 is 24.2 Å². The summed E-state index contributed by atoms with van der Waals surface area (Å²) < 4.78 is 39.6. The summed E-state index contributed by atoms with van der Waals surface area (Å²) in [5.74, 6) is -1.50. The minimum atomic E-state index is -4.76. The second kappa shape index (κ2) is 57.8. The number of unbranched alkanes of at least 4 members (excludes halogenated alkanes) is 25. The van der Waals surface area contributed by atoms with Gasteiger partial charge in [0.05, 0.1) is 19.8 Å². The zero-order valence-corrected chi connectivity index (χ0v) is 49.3. The highest BCUT2D eigenvalue weighted by molar-refractivity contribution is 7.47. The molecule has 0 aromatic rings. The van der Waals surface area contributed by atoms with Crippen molar-refractivity contribution < 1.29 is 52.2 Å². The summed E-state index contributed by atoms with van der Waals surface area (Å²) in [7, 11) is -4.76. The Hall–Kier alpha value is -3.34. The number of ether oxygens (including phenoxy) is 3. The van der Waals surface area contributed by atoms with E-state index in [1.807, 2.05) is 0 Å². The van der Waals surface area contributed by atoms with Crippen molar-refractivity contribution in [2.45, 2.75) is 277 Å². The SMILES string of the molecule is CC/C=C\C/C=C\C/C=C\CCCCCCCCCC(=O)OCC(COP(=O)(O)OCC(CO)OC(=O)CCCCCCC/C=C\CCCCCC)OC(=O)CCCCCCCC/C=C\C/C=C\C/C=C\CCCCC. The quantitative estimate of drug-likeness (QED) is 0.0197. The number of carbonyl (C=O) groups excluding carboxylic acids is 3. The second-order valence-corrected chi connectivity index (χ2v) is 21.6. The molecule has 76 heavy (non-hydrogen) atoms. The van der Waals surface area contributed by atoms with Crippen LogP contribution in [0.25, 0.3) is 0 Å². The molecule has 0 aliphatic rings. The molecule has 2 N–H and O–H groups in total. The van der Waals surface area contributed by atoms with Crippen molar-refractivity contribution in [1.29, 1.82) is 0 Å². The molecule has 0 amide bonds. The standard InChI is InChI=1S/C64H111O11P/c1-4-7-10-13-16-19-22-25-27-29-30-32-34-37-40-43-46-49-52-55-64(68)75-61(57-71-62(66)53-50-47-44-41-38-36-33-31-28-26-23-20-17-14-11-8-5-2)59-73-76(69,70)72-58-60(56-65)74-63(67)54-51-48-45-42-39-35-24-21-18-15-12-9-6-3/h8,11,16-17,19-21,24-28,30,32,60-61,65H,4-7,9-10,12-15,18,22-23,29,31,33-59H2,1-3H3,(H,69,70)/b11-8-,19-16-,20-17-,24-21-,27-25-,28-26-,32-30-. The molecular formula is C64H111O11P. The molecule has 12 heteroatoms. The maximum Gasteiger partial charge on any atom is 0.472 e. The molecule has 0 aromatic heterocycles. The molecule has 0 rings (SSSR count). The summed E-state index contributed by atoms with van der Waals surface area (Å²) in [5, 5.41) is 9.82. The lowest BCUT2D eigenvalue weighted by Gasteiger charge is -2.21. The van der Waals surface area contributed by atoms with Crippen molar-refractivity contribution in [1.82, 2.24) is 0 Å². The first-order valence-electron chi connectivity index (χ1n) is 30.5. The minimum absolute atomic E-state index is 0.148. The van der Waals surface area contributed by atoms with Gasteiger partial charge in [-0.15, -0.1) is 0 Å². The van der Waals surface area contributed by atoms with E-state index in [2.05, 4.69) is 106 Å². The highest BCUT2D eigenvalue weighted by Crippen LogP contribution is 2.43. The van der Waals surface area contributed by atoms with E-state index < -0.39 is 57.8 Å². The van der Waals surface area contributed by atoms with E-state index >= 15 is 0 Å². The smallest absolute Gasteiger partial charge is 0.462 e. The third-order valence-corrected chi connectivity index (χ3v) is 13.7. The maximum atomic E-state index is 12.9. The first kappa shape index (κ1) is 72.7. The van der Waals surface area contributed by atoms with Crippen molar-refractivity contribution >= 4 is 25.7 Å². The summed E-state index contributed by atoms with van der Waals surface area (Å²) >= 11 is 0. The molecule has 438 valence electrons. The summed E-state index contributed by atoms with van der Waals surface area (Å²) in [6.07, 6.45) is 66.7. The Labute approximate surface area is 464 Å². The molecule has 0 aliphatic heterocycles. The van der Waals surface area contributed by atoms with Crippen LogP contribution in [0.15, 0.2) is 85.1 Å². The lowest BCUT2D eigenvalue weighted by atomic mass is 10.1. The van der Waals surface area contributed by atoms with Gasteiger partial charge in [0.25, 0.3) is 0 Å². The molecule has 0 heterocycles. The van der Waals surface area contributed by atoms with Gasteiger partial charge in [-0.1, -0.05) is 215 Å². The van der Waals surface area contributed by atoms with Crippen LogP contribution in [0.4, 0.5) is 0 Å². The predicted octanol–water partition coefficient (Wildman–Crippen LogP) is 18.3. The van der Waals surface area contributed by atoms with Crippen molar-refractivity contribution in [2.75, 3.05) is 26.4 Å². The Morgan fingerprint density at radius 2 is 0.684 bits per heavy atom. The van der Waals surface area contributed by atoms with Crippen LogP contribution in [-0.2, 0) is 42.2 Å². The van der Waals surface area contributed by atoms with Crippen LogP contribution in [0.3, 0.4) is 0 Å². The lowest BCUT2D eigenvalue weighted by Crippen LogP contribution is -2.30. The highest BCUT2D eigenvalue weighted by atomic mass is 31.2. The Bertz CT molecular complexity index is 1600. The molecule has 0 aliphatic carbocycles. The van der Waals surface area contributed by atoms with E-state index in [0.29, 0.717) is 19.3 Å². The molecule has 0 radical (unpaired) electrons. The number of carbonyl (C=O) groups is 3. The van der Waals surface area contributed by atoms with Crippen LogP contribution in [0.5, 0.6) is 0 Å². The number of aliphatic hydroxyl groups is 1. The van der Waals surface area contributed by atoms with Gasteiger partial charge in [-0.25, -0.2) is 4.57 Å². The van der Waals surface area contributed by atoms with Crippen LogP contribution < -0.4 is 0 Å². The Balaban J connectivity index is 4.77. The van der Waals surface area contributed by atoms with Gasteiger partial charge in [0.1, 0.15) is 12.7 Å². The summed E-state index contributed by atoms with van der Waals surface area (Å²) in [6.45, 7) is 4.47. The van der Waals surface area contributed by atoms with Crippen molar-refractivity contribution in [3.05, 3.63) is 85.1 Å². The fourth-order valence-corrected chi connectivity index (χ4v) is 8.92. The third kappa shape index (κ3) is 55.4. The van der Waals surface area contributed by atoms with E-state index in [9.17, 15) is 28.9 Å². The first-order chi connectivity index (χ1) is 37.2. The van der Waals surface area contributed by atoms with E-state index in [1.165, 1.54) is 64.2 Å². The average Bonchev–Trinajstić information content (AvgIpc) is 3.41. The molecule has 0 fully saturated rings. The Morgan fingerprint density at radius 1 is 0.382 bits per heavy atom.